The molecule has 0 atom stereocenters. The topological polar surface area (TPSA) is 94.0 Å². The molecule has 5 N–H and O–H groups in total. The molecule has 0 fully saturated rings. The van der Waals surface area contributed by atoms with E-state index in [2.05, 4.69) is 10.4 Å². The van der Waals surface area contributed by atoms with Gasteiger partial charge in [-0.2, -0.15) is 0 Å². The molecule has 0 aliphatic carbocycles. The summed E-state index contributed by atoms with van der Waals surface area (Å²) in [5.74, 6) is 4.91. The first kappa shape index (κ1) is 15.0. The standard InChI is InChI=1S/C16H20N4O/c1-10-9-11(17)6-7-13(10)16(2,3)14-12(15(21)20-18)5-4-8-19-14/h4-9H,17-18H2,1-3H3,(H,20,21). The average molecular weight is 284 g/mol. The highest BCUT2D eigenvalue weighted by atomic mass is 16.2. The number of nitrogens with zero attached hydrogens (tertiary/aromatic N) is 1. The Bertz CT molecular complexity index is 680. The molecule has 5 nitrogen and oxygen atoms in total. The summed E-state index contributed by atoms with van der Waals surface area (Å²) in [7, 11) is 0. The van der Waals surface area contributed by atoms with E-state index >= 15 is 0 Å². The zero-order valence-corrected chi connectivity index (χ0v) is 12.5. The third kappa shape index (κ3) is 2.73. The van der Waals surface area contributed by atoms with Crippen molar-refractivity contribution in [3.63, 3.8) is 0 Å². The lowest BCUT2D eigenvalue weighted by atomic mass is 9.77. The van der Waals surface area contributed by atoms with E-state index in [9.17, 15) is 4.79 Å². The summed E-state index contributed by atoms with van der Waals surface area (Å²) < 4.78 is 0. The number of carbonyl (C=O) groups excluding carboxylic acids is 1. The Morgan fingerprint density at radius 2 is 2.00 bits per heavy atom. The van der Waals surface area contributed by atoms with E-state index in [0.29, 0.717) is 16.9 Å². The van der Waals surface area contributed by atoms with E-state index in [-0.39, 0.29) is 5.91 Å². The number of aryl methyl sites for hydroxylation is 1. The van der Waals surface area contributed by atoms with E-state index in [1.807, 2.05) is 39.0 Å². The maximum Gasteiger partial charge on any atom is 0.267 e. The molecular weight excluding hydrogens is 264 g/mol. The predicted molar refractivity (Wildman–Crippen MR) is 83.6 cm³/mol. The lowest BCUT2D eigenvalue weighted by Gasteiger charge is -2.28. The number of nitrogens with two attached hydrogens (primary N) is 2. The summed E-state index contributed by atoms with van der Waals surface area (Å²) >= 11 is 0. The Hall–Kier alpha value is -2.40. The van der Waals surface area contributed by atoms with Crippen molar-refractivity contribution < 1.29 is 4.79 Å². The van der Waals surface area contributed by atoms with Crippen LogP contribution in [0.1, 0.15) is 41.0 Å². The summed E-state index contributed by atoms with van der Waals surface area (Å²) in [5.41, 5.74) is 11.5. The highest BCUT2D eigenvalue weighted by molar-refractivity contribution is 5.95. The van der Waals surface area contributed by atoms with Crippen LogP contribution in [0.15, 0.2) is 36.5 Å². The number of amides is 1. The molecule has 0 radical (unpaired) electrons. The molecule has 1 aromatic heterocycles. The average Bonchev–Trinajstić information content (AvgIpc) is 2.46. The van der Waals surface area contributed by atoms with Gasteiger partial charge in [0.2, 0.25) is 0 Å². The molecular formula is C16H20N4O. The van der Waals surface area contributed by atoms with Gasteiger partial charge >= 0.3 is 0 Å². The van der Waals surface area contributed by atoms with Crippen LogP contribution in [0.5, 0.6) is 0 Å². The van der Waals surface area contributed by atoms with Crippen molar-refractivity contribution in [3.8, 4) is 0 Å². The largest absolute Gasteiger partial charge is 0.399 e. The quantitative estimate of drug-likeness (QED) is 0.347. The highest BCUT2D eigenvalue weighted by Crippen LogP contribution is 2.34. The maximum absolute atomic E-state index is 12.0. The fourth-order valence-corrected chi connectivity index (χ4v) is 2.68. The molecule has 2 rings (SSSR count). The van der Waals surface area contributed by atoms with Crippen molar-refractivity contribution in [2.75, 3.05) is 5.73 Å². The predicted octanol–water partition coefficient (Wildman–Crippen LogP) is 1.90. The number of hydrogen-bond donors (Lipinski definition) is 3. The first-order valence-corrected chi connectivity index (χ1v) is 6.71. The van der Waals surface area contributed by atoms with E-state index in [1.54, 1.807) is 18.3 Å². The molecule has 21 heavy (non-hydrogen) atoms. The lowest BCUT2D eigenvalue weighted by molar-refractivity contribution is 0.0951. The number of anilines is 1. The molecule has 0 saturated heterocycles. The van der Waals surface area contributed by atoms with E-state index in [4.69, 9.17) is 11.6 Å². The Morgan fingerprint density at radius 3 is 2.62 bits per heavy atom. The van der Waals surface area contributed by atoms with Gasteiger partial charge < -0.3 is 5.73 Å². The molecule has 1 aromatic carbocycles. The monoisotopic (exact) mass is 284 g/mol. The summed E-state index contributed by atoms with van der Waals surface area (Å²) in [4.78, 5) is 16.4. The Kier molecular flexibility index (Phi) is 3.95. The second-order valence-electron chi connectivity index (χ2n) is 5.57. The molecule has 0 spiro atoms. The second-order valence-corrected chi connectivity index (χ2v) is 5.57. The van der Waals surface area contributed by atoms with Crippen LogP contribution in [0.4, 0.5) is 5.69 Å². The fraction of sp³-hybridized carbons (Fsp3) is 0.250. The lowest BCUT2D eigenvalue weighted by Crippen LogP contribution is -2.34. The van der Waals surface area contributed by atoms with Crippen molar-refractivity contribution in [2.45, 2.75) is 26.2 Å². The number of hydrazine groups is 1. The van der Waals surface area contributed by atoms with Crippen LogP contribution in [-0.4, -0.2) is 10.9 Å². The molecule has 0 aliphatic heterocycles. The van der Waals surface area contributed by atoms with Gasteiger partial charge in [-0.05, 0) is 42.3 Å². The van der Waals surface area contributed by atoms with E-state index in [1.165, 1.54) is 0 Å². The minimum absolute atomic E-state index is 0.348. The number of benzene rings is 1. The van der Waals surface area contributed by atoms with Crippen LogP contribution in [0.3, 0.4) is 0 Å². The summed E-state index contributed by atoms with van der Waals surface area (Å²) in [6.07, 6.45) is 1.68. The molecule has 110 valence electrons. The summed E-state index contributed by atoms with van der Waals surface area (Å²) in [6.45, 7) is 6.06. The zero-order valence-electron chi connectivity index (χ0n) is 12.5. The molecule has 2 aromatic rings. The fourth-order valence-electron chi connectivity index (χ4n) is 2.68. The molecule has 5 heteroatoms. The van der Waals surface area contributed by atoms with Gasteiger partial charge in [-0.1, -0.05) is 19.9 Å². The van der Waals surface area contributed by atoms with Gasteiger partial charge in [-0.15, -0.1) is 0 Å². The minimum Gasteiger partial charge on any atom is -0.399 e. The van der Waals surface area contributed by atoms with Crippen molar-refractivity contribution in [1.82, 2.24) is 10.4 Å². The van der Waals surface area contributed by atoms with Crippen LogP contribution >= 0.6 is 0 Å². The van der Waals surface area contributed by atoms with Crippen molar-refractivity contribution >= 4 is 11.6 Å². The number of carbonyl (C=O) groups is 1. The zero-order chi connectivity index (χ0) is 15.6. The number of aromatic nitrogens is 1. The SMILES string of the molecule is Cc1cc(N)ccc1C(C)(C)c1ncccc1C(=O)NN. The second kappa shape index (κ2) is 5.54. The van der Waals surface area contributed by atoms with Crippen LogP contribution in [0.2, 0.25) is 0 Å². The first-order valence-electron chi connectivity index (χ1n) is 6.71. The highest BCUT2D eigenvalue weighted by Gasteiger charge is 2.30. The van der Waals surface area contributed by atoms with Crippen molar-refractivity contribution in [2.24, 2.45) is 5.84 Å². The Morgan fingerprint density at radius 1 is 1.29 bits per heavy atom. The van der Waals surface area contributed by atoms with E-state index < -0.39 is 5.41 Å². The van der Waals surface area contributed by atoms with Crippen LogP contribution in [0.25, 0.3) is 0 Å². The summed E-state index contributed by atoms with van der Waals surface area (Å²) in [5, 5.41) is 0. The molecule has 0 unspecified atom stereocenters. The minimum atomic E-state index is -0.444. The van der Waals surface area contributed by atoms with Crippen molar-refractivity contribution in [1.29, 1.82) is 0 Å². The van der Waals surface area contributed by atoms with Gasteiger partial charge in [-0.3, -0.25) is 15.2 Å². The molecule has 1 amide bonds. The molecule has 0 bridgehead atoms. The first-order chi connectivity index (χ1) is 9.87. The number of rotatable bonds is 3. The van der Waals surface area contributed by atoms with Crippen LogP contribution < -0.4 is 17.0 Å². The Balaban J connectivity index is 2.61. The van der Waals surface area contributed by atoms with Gasteiger partial charge in [0.25, 0.3) is 5.91 Å². The van der Waals surface area contributed by atoms with E-state index in [0.717, 1.165) is 11.1 Å². The number of nitrogen functional groups attached to an aromatic ring is 2. The van der Waals surface area contributed by atoms with Gasteiger partial charge in [0.05, 0.1) is 11.3 Å². The maximum atomic E-state index is 12.0. The molecule has 0 aliphatic rings. The van der Waals surface area contributed by atoms with Gasteiger partial charge in [0.15, 0.2) is 0 Å². The number of pyridine rings is 1. The molecule has 0 saturated carbocycles. The summed E-state index contributed by atoms with van der Waals surface area (Å²) in [6, 6.07) is 9.20. The smallest absolute Gasteiger partial charge is 0.267 e. The molecule has 1 heterocycles. The van der Waals surface area contributed by atoms with Gasteiger partial charge in [-0.25, -0.2) is 5.84 Å². The van der Waals surface area contributed by atoms with Gasteiger partial charge in [0, 0.05) is 17.3 Å². The number of nitrogens with one attached hydrogen (secondary N) is 1. The third-order valence-corrected chi connectivity index (χ3v) is 3.70. The van der Waals surface area contributed by atoms with Crippen LogP contribution in [-0.2, 0) is 5.41 Å². The van der Waals surface area contributed by atoms with Crippen LogP contribution in [0, 0.1) is 6.92 Å². The third-order valence-electron chi connectivity index (χ3n) is 3.70. The van der Waals surface area contributed by atoms with Gasteiger partial charge in [0.1, 0.15) is 0 Å². The number of hydrogen-bond acceptors (Lipinski definition) is 4. The Labute approximate surface area is 124 Å². The normalized spacial score (nSPS) is 11.2. The van der Waals surface area contributed by atoms with Crippen molar-refractivity contribution in [3.05, 3.63) is 58.9 Å².